The molecule has 0 aromatic rings. The van der Waals surface area contributed by atoms with Crippen LogP contribution < -0.4 is 5.32 Å². The number of carbonyl (C=O) groups excluding carboxylic acids is 1. The van der Waals surface area contributed by atoms with Crippen LogP contribution in [0, 0.1) is 0 Å². The van der Waals surface area contributed by atoms with Gasteiger partial charge < -0.3 is 30.1 Å². The Bertz CT molecular complexity index is 375. The minimum Gasteiger partial charge on any atom is -0.394 e. The number of aliphatic hydroxyl groups is 3. The highest BCUT2D eigenvalue weighted by Gasteiger charge is 2.45. The molecule has 114 valence electrons. The van der Waals surface area contributed by atoms with Crippen molar-refractivity contribution >= 4 is 5.91 Å². The minimum atomic E-state index is -1.35. The van der Waals surface area contributed by atoms with E-state index in [0.717, 1.165) is 0 Å². The molecule has 0 spiro atoms. The third-order valence-corrected chi connectivity index (χ3v) is 2.79. The quantitative estimate of drug-likeness (QED) is 0.197. The fourth-order valence-corrected chi connectivity index (χ4v) is 1.87. The Morgan fingerprint density at radius 2 is 2.20 bits per heavy atom. The van der Waals surface area contributed by atoms with Crippen molar-refractivity contribution in [2.75, 3.05) is 19.8 Å². The van der Waals surface area contributed by atoms with Crippen LogP contribution in [0.4, 0.5) is 0 Å². The SMILES string of the molecule is CC(=O)NC1[C@@H](OCCN=[N+]=[N-])OC(CO)[C@H](O)[C@@H]1O. The fourth-order valence-electron chi connectivity index (χ4n) is 1.87. The molecular formula is C10H18N4O6. The maximum atomic E-state index is 11.1. The maximum Gasteiger partial charge on any atom is 0.217 e. The first-order chi connectivity index (χ1) is 9.51. The highest BCUT2D eigenvalue weighted by Crippen LogP contribution is 2.22. The maximum absolute atomic E-state index is 11.1. The van der Waals surface area contributed by atoms with Gasteiger partial charge in [0.05, 0.1) is 13.2 Å². The number of nitrogens with one attached hydrogen (secondary N) is 1. The topological polar surface area (TPSA) is 157 Å². The molecule has 0 bridgehead atoms. The number of ether oxygens (including phenoxy) is 2. The summed E-state index contributed by atoms with van der Waals surface area (Å²) in [5.41, 5.74) is 8.14. The summed E-state index contributed by atoms with van der Waals surface area (Å²) < 4.78 is 10.5. The van der Waals surface area contributed by atoms with Gasteiger partial charge in [-0.25, -0.2) is 0 Å². The van der Waals surface area contributed by atoms with Gasteiger partial charge in [0.2, 0.25) is 5.91 Å². The van der Waals surface area contributed by atoms with Crippen LogP contribution in [0.3, 0.4) is 0 Å². The first kappa shape index (κ1) is 16.6. The summed E-state index contributed by atoms with van der Waals surface area (Å²) >= 11 is 0. The van der Waals surface area contributed by atoms with Crippen molar-refractivity contribution < 1.29 is 29.6 Å². The molecular weight excluding hydrogens is 272 g/mol. The van der Waals surface area contributed by atoms with E-state index in [1.54, 1.807) is 0 Å². The van der Waals surface area contributed by atoms with Crippen molar-refractivity contribution in [3.8, 4) is 0 Å². The van der Waals surface area contributed by atoms with Gasteiger partial charge in [0, 0.05) is 18.4 Å². The third-order valence-electron chi connectivity index (χ3n) is 2.79. The number of rotatable bonds is 6. The number of hydrogen-bond acceptors (Lipinski definition) is 7. The summed E-state index contributed by atoms with van der Waals surface area (Å²) in [6, 6.07) is -0.989. The molecule has 1 fully saturated rings. The zero-order valence-electron chi connectivity index (χ0n) is 10.9. The minimum absolute atomic E-state index is 0.00573. The summed E-state index contributed by atoms with van der Waals surface area (Å²) in [5.74, 6) is -0.434. The number of nitrogens with zero attached hydrogens (tertiary/aromatic N) is 3. The Hall–Kier alpha value is -1.42. The van der Waals surface area contributed by atoms with Crippen molar-refractivity contribution in [3.05, 3.63) is 10.4 Å². The molecule has 10 heteroatoms. The second-order valence-electron chi connectivity index (χ2n) is 4.26. The van der Waals surface area contributed by atoms with Gasteiger partial charge in [-0.05, 0) is 5.53 Å². The largest absolute Gasteiger partial charge is 0.394 e. The molecule has 20 heavy (non-hydrogen) atoms. The normalized spacial score (nSPS) is 33.3. The van der Waals surface area contributed by atoms with Crippen LogP contribution in [0.1, 0.15) is 6.92 Å². The molecule has 0 radical (unpaired) electrons. The number of hydrogen-bond donors (Lipinski definition) is 4. The van der Waals surface area contributed by atoms with E-state index in [1.165, 1.54) is 6.92 Å². The molecule has 0 aromatic carbocycles. The van der Waals surface area contributed by atoms with E-state index in [4.69, 9.17) is 20.1 Å². The van der Waals surface area contributed by atoms with Crippen LogP contribution in [0.15, 0.2) is 5.11 Å². The smallest absolute Gasteiger partial charge is 0.217 e. The van der Waals surface area contributed by atoms with Crippen LogP contribution in [0.25, 0.3) is 10.4 Å². The van der Waals surface area contributed by atoms with Crippen LogP contribution in [0.2, 0.25) is 0 Å². The molecule has 10 nitrogen and oxygen atoms in total. The Labute approximate surface area is 114 Å². The van der Waals surface area contributed by atoms with E-state index < -0.39 is 43.2 Å². The number of amides is 1. The van der Waals surface area contributed by atoms with E-state index >= 15 is 0 Å². The van der Waals surface area contributed by atoms with Gasteiger partial charge in [0.15, 0.2) is 6.29 Å². The monoisotopic (exact) mass is 290 g/mol. The van der Waals surface area contributed by atoms with Crippen LogP contribution in [-0.4, -0.2) is 71.6 Å². The van der Waals surface area contributed by atoms with E-state index in [0.29, 0.717) is 0 Å². The number of aliphatic hydroxyl groups excluding tert-OH is 3. The Balaban J connectivity index is 2.72. The van der Waals surface area contributed by atoms with Gasteiger partial charge in [-0.15, -0.1) is 0 Å². The highest BCUT2D eigenvalue weighted by molar-refractivity contribution is 5.73. The number of carbonyl (C=O) groups is 1. The van der Waals surface area contributed by atoms with Crippen LogP contribution in [-0.2, 0) is 14.3 Å². The van der Waals surface area contributed by atoms with Crippen molar-refractivity contribution in [2.45, 2.75) is 37.6 Å². The second kappa shape index (κ2) is 8.00. The molecule has 2 unspecified atom stereocenters. The van der Waals surface area contributed by atoms with E-state index in [-0.39, 0.29) is 13.2 Å². The third kappa shape index (κ3) is 4.30. The second-order valence-corrected chi connectivity index (χ2v) is 4.26. The van der Waals surface area contributed by atoms with E-state index in [1.807, 2.05) is 0 Å². The van der Waals surface area contributed by atoms with Crippen LogP contribution in [0.5, 0.6) is 0 Å². The average molecular weight is 290 g/mol. The summed E-state index contributed by atoms with van der Waals surface area (Å²) in [6.45, 7) is 0.785. The first-order valence-electron chi connectivity index (χ1n) is 6.03. The molecule has 1 saturated heterocycles. The summed E-state index contributed by atoms with van der Waals surface area (Å²) in [4.78, 5) is 13.7. The van der Waals surface area contributed by atoms with Gasteiger partial charge in [0.1, 0.15) is 24.4 Å². The molecule has 4 N–H and O–H groups in total. The molecule has 0 aliphatic carbocycles. The van der Waals surface area contributed by atoms with Crippen molar-refractivity contribution in [2.24, 2.45) is 5.11 Å². The van der Waals surface area contributed by atoms with E-state index in [2.05, 4.69) is 15.3 Å². The zero-order chi connectivity index (χ0) is 15.1. The highest BCUT2D eigenvalue weighted by atomic mass is 16.7. The van der Waals surface area contributed by atoms with Gasteiger partial charge in [-0.2, -0.15) is 0 Å². The lowest BCUT2D eigenvalue weighted by molar-refractivity contribution is -0.269. The lowest BCUT2D eigenvalue weighted by Crippen LogP contribution is -2.64. The molecule has 0 saturated carbocycles. The fraction of sp³-hybridized carbons (Fsp3) is 0.900. The lowest BCUT2D eigenvalue weighted by Gasteiger charge is -2.42. The van der Waals surface area contributed by atoms with Gasteiger partial charge in [-0.3, -0.25) is 4.79 Å². The molecule has 5 atom stereocenters. The van der Waals surface area contributed by atoms with Gasteiger partial charge in [-0.1, -0.05) is 5.11 Å². The Morgan fingerprint density at radius 1 is 1.50 bits per heavy atom. The molecule has 1 heterocycles. The van der Waals surface area contributed by atoms with Crippen molar-refractivity contribution in [1.82, 2.24) is 5.32 Å². The Kier molecular flexibility index (Phi) is 6.65. The van der Waals surface area contributed by atoms with Crippen molar-refractivity contribution in [1.29, 1.82) is 0 Å². The molecule has 1 aliphatic rings. The van der Waals surface area contributed by atoms with Gasteiger partial charge >= 0.3 is 0 Å². The summed E-state index contributed by atoms with van der Waals surface area (Å²) in [5, 5.41) is 34.4. The standard InChI is InChI=1S/C10H18N4O6/c1-5(16)13-7-9(18)8(17)6(4-15)20-10(7)19-3-2-12-14-11/h6-10,15,17-18H,2-4H2,1H3,(H,13,16)/t6?,7?,8-,9+,10-/m0/s1. The molecule has 1 amide bonds. The van der Waals surface area contributed by atoms with Crippen molar-refractivity contribution in [3.63, 3.8) is 0 Å². The Morgan fingerprint density at radius 3 is 2.75 bits per heavy atom. The summed E-state index contributed by atoms with van der Waals surface area (Å²) in [7, 11) is 0. The van der Waals surface area contributed by atoms with Gasteiger partial charge in [0.25, 0.3) is 0 Å². The zero-order valence-corrected chi connectivity index (χ0v) is 10.9. The van der Waals surface area contributed by atoms with E-state index in [9.17, 15) is 15.0 Å². The number of azide groups is 1. The molecule has 1 rings (SSSR count). The van der Waals surface area contributed by atoms with Crippen LogP contribution >= 0.6 is 0 Å². The lowest BCUT2D eigenvalue weighted by atomic mass is 9.97. The molecule has 1 aliphatic heterocycles. The first-order valence-corrected chi connectivity index (χ1v) is 6.03. The summed E-state index contributed by atoms with van der Waals surface area (Å²) in [6.07, 6.45) is -4.80. The predicted molar refractivity (Wildman–Crippen MR) is 65.3 cm³/mol. The average Bonchev–Trinajstić information content (AvgIpc) is 2.41. The predicted octanol–water partition coefficient (Wildman–Crippen LogP) is -1.74. The molecule has 0 aromatic heterocycles.